The summed E-state index contributed by atoms with van der Waals surface area (Å²) in [5.41, 5.74) is 3.49. The summed E-state index contributed by atoms with van der Waals surface area (Å²) in [4.78, 5) is 0. The monoisotopic (exact) mass is 344 g/mol. The van der Waals surface area contributed by atoms with E-state index >= 15 is 0 Å². The van der Waals surface area contributed by atoms with E-state index in [1.807, 2.05) is 13.0 Å². The van der Waals surface area contributed by atoms with Crippen molar-refractivity contribution >= 4 is 5.82 Å². The van der Waals surface area contributed by atoms with E-state index in [4.69, 9.17) is 9.47 Å². The zero-order valence-electron chi connectivity index (χ0n) is 15.7. The lowest BCUT2D eigenvalue weighted by Gasteiger charge is -2.27. The highest BCUT2D eigenvalue weighted by molar-refractivity contribution is 5.48. The van der Waals surface area contributed by atoms with Gasteiger partial charge in [-0.15, -0.1) is 0 Å². The second-order valence-corrected chi connectivity index (χ2v) is 6.79. The summed E-state index contributed by atoms with van der Waals surface area (Å²) in [6.07, 6.45) is 0. The van der Waals surface area contributed by atoms with E-state index in [-0.39, 0.29) is 6.04 Å². The summed E-state index contributed by atoms with van der Waals surface area (Å²) in [5.74, 6) is 3.17. The van der Waals surface area contributed by atoms with E-state index in [1.54, 1.807) is 14.2 Å². The molecule has 2 heterocycles. The summed E-state index contributed by atoms with van der Waals surface area (Å²) in [5, 5.41) is 11.7. The summed E-state index contributed by atoms with van der Waals surface area (Å²) in [7, 11) is 3.34. The largest absolute Gasteiger partial charge is 0.493 e. The minimum absolute atomic E-state index is 0.237. The number of ether oxygens (including phenoxy) is 2. The maximum absolute atomic E-state index is 5.44. The number of rotatable bonds is 6. The Balaban J connectivity index is 1.64. The topological polar surface area (TPSA) is 60.3 Å². The molecule has 0 aliphatic carbocycles. The number of hydrogen-bond acceptors (Lipinski definition) is 5. The fourth-order valence-electron chi connectivity index (χ4n) is 3.44. The predicted molar refractivity (Wildman–Crippen MR) is 99.6 cm³/mol. The fraction of sp³-hybridized carbons (Fsp3) is 0.526. The molecule has 0 unspecified atom stereocenters. The average molecular weight is 344 g/mol. The average Bonchev–Trinajstić information content (AvgIpc) is 2.98. The van der Waals surface area contributed by atoms with Gasteiger partial charge in [-0.2, -0.15) is 5.10 Å². The molecule has 0 saturated heterocycles. The third kappa shape index (κ3) is 3.74. The number of fused-ring (bicyclic) bond motifs is 1. The van der Waals surface area contributed by atoms with Crippen LogP contribution >= 0.6 is 0 Å². The van der Waals surface area contributed by atoms with Crippen molar-refractivity contribution in [3.8, 4) is 11.5 Å². The van der Waals surface area contributed by atoms with E-state index in [1.165, 1.54) is 11.1 Å². The van der Waals surface area contributed by atoms with Crippen LogP contribution in [0, 0.1) is 19.8 Å². The van der Waals surface area contributed by atoms with Gasteiger partial charge >= 0.3 is 0 Å². The number of anilines is 1. The molecule has 0 bridgehead atoms. The lowest BCUT2D eigenvalue weighted by molar-refractivity contribution is 0.352. The highest BCUT2D eigenvalue weighted by Gasteiger charge is 2.20. The quantitative estimate of drug-likeness (QED) is 0.844. The molecule has 0 amide bonds. The summed E-state index contributed by atoms with van der Waals surface area (Å²) < 4.78 is 12.9. The zero-order valence-corrected chi connectivity index (χ0v) is 15.7. The van der Waals surface area contributed by atoms with Gasteiger partial charge in [-0.25, -0.2) is 4.68 Å². The smallest absolute Gasteiger partial charge is 0.161 e. The molecule has 1 aliphatic rings. The van der Waals surface area contributed by atoms with E-state index in [0.29, 0.717) is 5.92 Å². The SMILES string of the molecule is COc1cc(C)c([C@@H](C)NC[C@H]2CNc3cc(C)nn3C2)cc1OC. The van der Waals surface area contributed by atoms with Crippen molar-refractivity contribution in [3.63, 3.8) is 0 Å². The van der Waals surface area contributed by atoms with E-state index < -0.39 is 0 Å². The van der Waals surface area contributed by atoms with Crippen molar-refractivity contribution in [2.75, 3.05) is 32.6 Å². The molecule has 0 saturated carbocycles. The molecule has 6 nitrogen and oxygen atoms in total. The third-order valence-electron chi connectivity index (χ3n) is 4.86. The highest BCUT2D eigenvalue weighted by Crippen LogP contribution is 2.33. The Bertz CT molecular complexity index is 741. The van der Waals surface area contributed by atoms with Gasteiger partial charge in [-0.1, -0.05) is 0 Å². The molecular formula is C19H28N4O2. The Hall–Kier alpha value is -2.21. The van der Waals surface area contributed by atoms with Crippen LogP contribution in [0.3, 0.4) is 0 Å². The maximum Gasteiger partial charge on any atom is 0.161 e. The van der Waals surface area contributed by atoms with Crippen LogP contribution in [-0.2, 0) is 6.54 Å². The van der Waals surface area contributed by atoms with Crippen molar-refractivity contribution in [3.05, 3.63) is 35.0 Å². The van der Waals surface area contributed by atoms with Crippen LogP contribution in [0.25, 0.3) is 0 Å². The van der Waals surface area contributed by atoms with E-state index in [2.05, 4.69) is 46.4 Å². The van der Waals surface area contributed by atoms with Crippen LogP contribution in [0.15, 0.2) is 18.2 Å². The summed E-state index contributed by atoms with van der Waals surface area (Å²) in [6.45, 7) is 9.17. The van der Waals surface area contributed by atoms with Crippen LogP contribution in [0.4, 0.5) is 5.82 Å². The Kier molecular flexibility index (Phi) is 5.18. The number of aromatic nitrogens is 2. The molecule has 25 heavy (non-hydrogen) atoms. The normalized spacial score (nSPS) is 17.6. The molecule has 3 rings (SSSR count). The van der Waals surface area contributed by atoms with Gasteiger partial charge in [-0.3, -0.25) is 0 Å². The van der Waals surface area contributed by atoms with Crippen LogP contribution in [0.2, 0.25) is 0 Å². The number of hydrogen-bond donors (Lipinski definition) is 2. The van der Waals surface area contributed by atoms with Gasteiger partial charge in [0.15, 0.2) is 11.5 Å². The van der Waals surface area contributed by atoms with Crippen LogP contribution in [0.5, 0.6) is 11.5 Å². The first-order valence-electron chi connectivity index (χ1n) is 8.76. The summed E-state index contributed by atoms with van der Waals surface area (Å²) >= 11 is 0. The Morgan fingerprint density at radius 1 is 1.24 bits per heavy atom. The Morgan fingerprint density at radius 2 is 1.96 bits per heavy atom. The Labute approximate surface area is 149 Å². The Morgan fingerprint density at radius 3 is 2.68 bits per heavy atom. The molecule has 136 valence electrons. The molecule has 2 atom stereocenters. The first kappa shape index (κ1) is 17.6. The van der Waals surface area contributed by atoms with Gasteiger partial charge in [0.1, 0.15) is 5.82 Å². The second kappa shape index (κ2) is 7.35. The lowest BCUT2D eigenvalue weighted by Crippen LogP contribution is -2.36. The molecule has 1 aliphatic heterocycles. The minimum Gasteiger partial charge on any atom is -0.493 e. The van der Waals surface area contributed by atoms with Crippen molar-refractivity contribution in [1.82, 2.24) is 15.1 Å². The first-order chi connectivity index (χ1) is 12.0. The van der Waals surface area contributed by atoms with Gasteiger partial charge in [0.25, 0.3) is 0 Å². The predicted octanol–water partition coefficient (Wildman–Crippen LogP) is 2.91. The lowest BCUT2D eigenvalue weighted by atomic mass is 10.0. The van der Waals surface area contributed by atoms with Gasteiger partial charge in [0, 0.05) is 37.7 Å². The van der Waals surface area contributed by atoms with E-state index in [0.717, 1.165) is 42.6 Å². The molecule has 2 aromatic rings. The van der Waals surface area contributed by atoms with Gasteiger partial charge < -0.3 is 20.1 Å². The minimum atomic E-state index is 0.237. The molecule has 0 fully saturated rings. The second-order valence-electron chi connectivity index (χ2n) is 6.79. The van der Waals surface area contributed by atoms with Crippen LogP contribution in [0.1, 0.15) is 29.8 Å². The summed E-state index contributed by atoms with van der Waals surface area (Å²) in [6, 6.07) is 6.44. The molecule has 1 aromatic carbocycles. The van der Waals surface area contributed by atoms with Crippen LogP contribution < -0.4 is 20.1 Å². The van der Waals surface area contributed by atoms with Gasteiger partial charge in [0.2, 0.25) is 0 Å². The molecule has 0 spiro atoms. The van der Waals surface area contributed by atoms with Gasteiger partial charge in [0.05, 0.1) is 19.9 Å². The zero-order chi connectivity index (χ0) is 18.0. The maximum atomic E-state index is 5.44. The van der Waals surface area contributed by atoms with Crippen molar-refractivity contribution in [2.45, 2.75) is 33.4 Å². The van der Waals surface area contributed by atoms with Gasteiger partial charge in [-0.05, 0) is 44.0 Å². The molecule has 0 radical (unpaired) electrons. The first-order valence-corrected chi connectivity index (χ1v) is 8.76. The number of benzene rings is 1. The van der Waals surface area contributed by atoms with Crippen molar-refractivity contribution in [2.24, 2.45) is 5.92 Å². The number of aryl methyl sites for hydroxylation is 2. The highest BCUT2D eigenvalue weighted by atomic mass is 16.5. The standard InChI is InChI=1S/C19H28N4O2/c1-12-6-17(24-4)18(25-5)8-16(12)14(3)20-9-15-10-21-19-7-13(2)22-23(19)11-15/h6-8,14-15,20-21H,9-11H2,1-5H3/t14-,15+/m1/s1. The van der Waals surface area contributed by atoms with Crippen molar-refractivity contribution < 1.29 is 9.47 Å². The number of nitrogens with one attached hydrogen (secondary N) is 2. The third-order valence-corrected chi connectivity index (χ3v) is 4.86. The fourth-order valence-corrected chi connectivity index (χ4v) is 3.44. The number of methoxy groups -OCH3 is 2. The molecular weight excluding hydrogens is 316 g/mol. The number of nitrogens with zero attached hydrogens (tertiary/aromatic N) is 2. The van der Waals surface area contributed by atoms with E-state index in [9.17, 15) is 0 Å². The van der Waals surface area contributed by atoms with Crippen LogP contribution in [-0.4, -0.2) is 37.1 Å². The molecule has 6 heteroatoms. The van der Waals surface area contributed by atoms with Crippen molar-refractivity contribution in [1.29, 1.82) is 0 Å². The molecule has 1 aromatic heterocycles. The molecule has 2 N–H and O–H groups in total.